The van der Waals surface area contributed by atoms with Crippen LogP contribution in [0.4, 0.5) is 5.69 Å². The number of para-hydroxylation sites is 1. The lowest BCUT2D eigenvalue weighted by atomic mass is 9.87. The molecule has 0 fully saturated rings. The van der Waals surface area contributed by atoms with Crippen LogP contribution in [0.1, 0.15) is 37.7 Å². The summed E-state index contributed by atoms with van der Waals surface area (Å²) < 4.78 is 11.0. The first-order chi connectivity index (χ1) is 14.7. The summed E-state index contributed by atoms with van der Waals surface area (Å²) in [6, 6.07) is 17.2. The molecule has 0 aliphatic carbocycles. The second-order valence-electron chi connectivity index (χ2n) is 8.14. The largest absolute Gasteiger partial charge is 0.456 e. The van der Waals surface area contributed by atoms with Gasteiger partial charge in [0, 0.05) is 17.7 Å². The number of hydrogen-bond donors (Lipinski definition) is 0. The van der Waals surface area contributed by atoms with E-state index in [2.05, 4.69) is 25.8 Å². The van der Waals surface area contributed by atoms with E-state index in [9.17, 15) is 14.9 Å². The summed E-state index contributed by atoms with van der Waals surface area (Å²) in [6.45, 7) is 6.37. The lowest BCUT2D eigenvalue weighted by Gasteiger charge is -2.18. The van der Waals surface area contributed by atoms with E-state index in [4.69, 9.17) is 9.15 Å². The Bertz CT molecular complexity index is 1230. The lowest BCUT2D eigenvalue weighted by molar-refractivity contribution is -0.384. The van der Waals surface area contributed by atoms with Crippen molar-refractivity contribution in [3.05, 3.63) is 93.4 Å². The van der Waals surface area contributed by atoms with Crippen molar-refractivity contribution in [2.24, 2.45) is 4.99 Å². The predicted octanol–water partition coefficient (Wildman–Crippen LogP) is 5.50. The molecule has 1 aromatic heterocycles. The van der Waals surface area contributed by atoms with Gasteiger partial charge in [-0.05, 0) is 41.3 Å². The summed E-state index contributed by atoms with van der Waals surface area (Å²) in [5.74, 6) is 0.307. The molecule has 0 bridgehead atoms. The van der Waals surface area contributed by atoms with Crippen LogP contribution >= 0.6 is 0 Å². The number of nitrogens with zero attached hydrogens (tertiary/aromatic N) is 2. The van der Waals surface area contributed by atoms with Gasteiger partial charge in [0.15, 0.2) is 5.70 Å². The van der Waals surface area contributed by atoms with Crippen LogP contribution in [-0.2, 0) is 14.9 Å². The summed E-state index contributed by atoms with van der Waals surface area (Å²) in [6.07, 6.45) is 1.46. The van der Waals surface area contributed by atoms with Gasteiger partial charge in [-0.3, -0.25) is 10.1 Å². The molecule has 7 nitrogen and oxygen atoms in total. The van der Waals surface area contributed by atoms with Crippen LogP contribution in [0.15, 0.2) is 75.8 Å². The number of carbonyl (C=O) groups excluding carboxylic acids is 1. The molecule has 0 spiro atoms. The number of carbonyl (C=O) groups is 1. The first kappa shape index (κ1) is 20.3. The normalized spacial score (nSPS) is 15.1. The van der Waals surface area contributed by atoms with Gasteiger partial charge in [-0.1, -0.05) is 45.0 Å². The summed E-state index contributed by atoms with van der Waals surface area (Å²) in [5, 5.41) is 11.2. The molecule has 0 amide bonds. The van der Waals surface area contributed by atoms with Crippen molar-refractivity contribution in [3.63, 3.8) is 0 Å². The summed E-state index contributed by atoms with van der Waals surface area (Å²) >= 11 is 0. The third kappa shape index (κ3) is 4.16. The molecular formula is C24H20N2O5. The highest BCUT2D eigenvalue weighted by atomic mass is 16.6. The summed E-state index contributed by atoms with van der Waals surface area (Å²) in [5.41, 5.74) is 2.27. The number of benzene rings is 2. The van der Waals surface area contributed by atoms with E-state index in [1.807, 2.05) is 24.3 Å². The molecule has 0 unspecified atom stereocenters. The van der Waals surface area contributed by atoms with Gasteiger partial charge in [0.05, 0.1) is 10.5 Å². The Morgan fingerprint density at radius 3 is 2.39 bits per heavy atom. The lowest BCUT2D eigenvalue weighted by Crippen LogP contribution is -2.11. The molecule has 0 radical (unpaired) electrons. The van der Waals surface area contributed by atoms with Gasteiger partial charge in [0.25, 0.3) is 5.69 Å². The Hall–Kier alpha value is -4.00. The average molecular weight is 416 g/mol. The van der Waals surface area contributed by atoms with Crippen LogP contribution in [-0.4, -0.2) is 16.8 Å². The number of cyclic esters (lactones) is 1. The van der Waals surface area contributed by atoms with Crippen LogP contribution in [0.2, 0.25) is 0 Å². The maximum atomic E-state index is 12.3. The third-order valence-corrected chi connectivity index (χ3v) is 4.89. The molecular weight excluding hydrogens is 396 g/mol. The summed E-state index contributed by atoms with van der Waals surface area (Å²) in [7, 11) is 0. The predicted molar refractivity (Wildman–Crippen MR) is 117 cm³/mol. The van der Waals surface area contributed by atoms with Crippen molar-refractivity contribution in [3.8, 4) is 11.3 Å². The molecule has 0 atom stereocenters. The molecule has 31 heavy (non-hydrogen) atoms. The quantitative estimate of drug-likeness (QED) is 0.242. The Labute approximate surface area is 178 Å². The average Bonchev–Trinajstić information content (AvgIpc) is 3.35. The van der Waals surface area contributed by atoms with E-state index in [1.165, 1.54) is 12.1 Å². The Balaban J connectivity index is 1.61. The van der Waals surface area contributed by atoms with Crippen LogP contribution in [0, 0.1) is 10.1 Å². The summed E-state index contributed by atoms with van der Waals surface area (Å²) in [4.78, 5) is 27.3. The number of furan rings is 1. The minimum atomic E-state index is -0.585. The molecule has 2 heterocycles. The number of esters is 1. The zero-order valence-corrected chi connectivity index (χ0v) is 17.3. The number of nitro benzene ring substituents is 1. The van der Waals surface area contributed by atoms with Crippen LogP contribution in [0.25, 0.3) is 17.4 Å². The molecule has 156 valence electrons. The molecule has 1 aliphatic heterocycles. The number of nitro groups is 1. The Morgan fingerprint density at radius 1 is 1.00 bits per heavy atom. The highest BCUT2D eigenvalue weighted by molar-refractivity contribution is 6.12. The molecule has 7 heteroatoms. The van der Waals surface area contributed by atoms with E-state index in [0.717, 1.165) is 5.56 Å². The van der Waals surface area contributed by atoms with Crippen LogP contribution in [0.5, 0.6) is 0 Å². The van der Waals surface area contributed by atoms with Crippen molar-refractivity contribution in [2.75, 3.05) is 0 Å². The van der Waals surface area contributed by atoms with Crippen LogP contribution in [0.3, 0.4) is 0 Å². The number of ether oxygens (including phenoxy) is 1. The smallest absolute Gasteiger partial charge is 0.363 e. The molecule has 0 N–H and O–H groups in total. The van der Waals surface area contributed by atoms with E-state index < -0.39 is 10.9 Å². The van der Waals surface area contributed by atoms with E-state index in [-0.39, 0.29) is 22.7 Å². The number of aliphatic imine (C=N–C) groups is 1. The van der Waals surface area contributed by atoms with Crippen molar-refractivity contribution >= 4 is 23.6 Å². The van der Waals surface area contributed by atoms with Crippen molar-refractivity contribution in [1.82, 2.24) is 0 Å². The van der Waals surface area contributed by atoms with Gasteiger partial charge in [-0.25, -0.2) is 9.79 Å². The van der Waals surface area contributed by atoms with Gasteiger partial charge in [0.1, 0.15) is 11.5 Å². The van der Waals surface area contributed by atoms with Gasteiger partial charge < -0.3 is 9.15 Å². The van der Waals surface area contributed by atoms with Crippen molar-refractivity contribution < 1.29 is 18.9 Å². The highest BCUT2D eigenvalue weighted by Gasteiger charge is 2.25. The highest BCUT2D eigenvalue weighted by Crippen LogP contribution is 2.32. The van der Waals surface area contributed by atoms with Crippen LogP contribution < -0.4 is 0 Å². The second kappa shape index (κ2) is 7.68. The van der Waals surface area contributed by atoms with E-state index in [0.29, 0.717) is 22.6 Å². The van der Waals surface area contributed by atoms with Gasteiger partial charge in [0.2, 0.25) is 5.90 Å². The number of rotatable bonds is 4. The Kier molecular flexibility index (Phi) is 5.02. The van der Waals surface area contributed by atoms with Crippen molar-refractivity contribution in [2.45, 2.75) is 26.2 Å². The minimum absolute atomic E-state index is 0.0164. The zero-order chi connectivity index (χ0) is 22.2. The molecule has 4 rings (SSSR count). The third-order valence-electron chi connectivity index (χ3n) is 4.89. The minimum Gasteiger partial charge on any atom is -0.456 e. The topological polar surface area (TPSA) is 94.9 Å². The second-order valence-corrected chi connectivity index (χ2v) is 8.14. The maximum Gasteiger partial charge on any atom is 0.363 e. The molecule has 2 aromatic carbocycles. The van der Waals surface area contributed by atoms with E-state index >= 15 is 0 Å². The molecule has 3 aromatic rings. The van der Waals surface area contributed by atoms with E-state index in [1.54, 1.807) is 30.3 Å². The first-order valence-corrected chi connectivity index (χ1v) is 9.69. The number of hydrogen-bond acceptors (Lipinski definition) is 6. The fourth-order valence-electron chi connectivity index (χ4n) is 3.20. The first-order valence-electron chi connectivity index (χ1n) is 9.69. The fourth-order valence-corrected chi connectivity index (χ4v) is 3.20. The Morgan fingerprint density at radius 2 is 1.71 bits per heavy atom. The fraction of sp³-hybridized carbons (Fsp3) is 0.167. The SMILES string of the molecule is CC(C)(C)c1ccc(C2=N/C(=C/c3ccc(-c4ccccc4[N+](=O)[O-])o3)C(=O)O2)cc1. The van der Waals surface area contributed by atoms with Gasteiger partial charge in [-0.15, -0.1) is 0 Å². The van der Waals surface area contributed by atoms with Gasteiger partial charge >= 0.3 is 5.97 Å². The standard InChI is InChI=1S/C24H20N2O5/c1-24(2,3)16-10-8-15(9-11-16)22-25-19(23(27)31-22)14-17-12-13-21(30-17)18-6-4-5-7-20(18)26(28)29/h4-14H,1-3H3/b19-14+. The molecule has 0 saturated carbocycles. The maximum absolute atomic E-state index is 12.3. The zero-order valence-electron chi connectivity index (χ0n) is 17.3. The molecule has 1 aliphatic rings. The van der Waals surface area contributed by atoms with Gasteiger partial charge in [-0.2, -0.15) is 0 Å². The monoisotopic (exact) mass is 416 g/mol. The van der Waals surface area contributed by atoms with Crippen molar-refractivity contribution in [1.29, 1.82) is 0 Å². The molecule has 0 saturated heterocycles.